The Balaban J connectivity index is 2.94. The summed E-state index contributed by atoms with van der Waals surface area (Å²) in [6.45, 7) is 8.75. The number of rotatable bonds is 4. The number of aliphatic carboxylic acids is 1. The lowest BCUT2D eigenvalue weighted by Crippen LogP contribution is -2.39. The van der Waals surface area contributed by atoms with Gasteiger partial charge < -0.3 is 9.84 Å². The third kappa shape index (κ3) is 3.31. The minimum absolute atomic E-state index is 0.265. The number of methoxy groups -OCH3 is 1. The van der Waals surface area contributed by atoms with Crippen LogP contribution in [0.2, 0.25) is 0 Å². The molecule has 1 N–H and O–H groups in total. The number of ether oxygens (including phenoxy) is 1. The number of carboxylic acids is 1. The number of aryl methyl sites for hydroxylation is 2. The molecule has 0 spiro atoms. The molecule has 0 aliphatic heterocycles. The van der Waals surface area contributed by atoms with Crippen LogP contribution in [0.25, 0.3) is 11.0 Å². The highest BCUT2D eigenvalue weighted by Crippen LogP contribution is 2.33. The molecular formula is C18H24N2O5. The number of esters is 1. The molecule has 0 saturated heterocycles. The zero-order valence-corrected chi connectivity index (χ0v) is 15.4. The monoisotopic (exact) mass is 348 g/mol. The summed E-state index contributed by atoms with van der Waals surface area (Å²) < 4.78 is 7.25. The molecule has 1 unspecified atom stereocenters. The number of carboxylic acid groups (broad SMARTS) is 1. The fourth-order valence-electron chi connectivity index (χ4n) is 3.26. The number of imidazole rings is 1. The van der Waals surface area contributed by atoms with Crippen molar-refractivity contribution in [1.29, 1.82) is 0 Å². The molecule has 25 heavy (non-hydrogen) atoms. The Morgan fingerprint density at radius 1 is 1.24 bits per heavy atom. The molecular weight excluding hydrogens is 324 g/mol. The minimum Gasteiger partial charge on any atom is -0.480 e. The van der Waals surface area contributed by atoms with Gasteiger partial charge in [-0.3, -0.25) is 13.9 Å². The van der Waals surface area contributed by atoms with E-state index >= 15 is 0 Å². The third-order valence-corrected chi connectivity index (χ3v) is 4.22. The number of carbonyl (C=O) groups excluding carboxylic acids is 1. The first-order valence-corrected chi connectivity index (χ1v) is 8.00. The van der Waals surface area contributed by atoms with E-state index in [2.05, 4.69) is 4.74 Å². The molecule has 7 nitrogen and oxygen atoms in total. The van der Waals surface area contributed by atoms with Gasteiger partial charge in [-0.05, 0) is 36.5 Å². The number of nitrogens with zero attached hydrogens (tertiary/aromatic N) is 2. The average molecular weight is 348 g/mol. The lowest BCUT2D eigenvalue weighted by Gasteiger charge is -2.28. The van der Waals surface area contributed by atoms with Gasteiger partial charge in [0.25, 0.3) is 0 Å². The predicted octanol–water partition coefficient (Wildman–Crippen LogP) is 2.26. The van der Waals surface area contributed by atoms with Crippen LogP contribution < -0.4 is 5.69 Å². The minimum atomic E-state index is -1.09. The van der Waals surface area contributed by atoms with Crippen LogP contribution in [0.3, 0.4) is 0 Å². The van der Waals surface area contributed by atoms with Crippen LogP contribution >= 0.6 is 0 Å². The second-order valence-corrected chi connectivity index (χ2v) is 7.37. The van der Waals surface area contributed by atoms with Crippen molar-refractivity contribution in [3.8, 4) is 0 Å². The van der Waals surface area contributed by atoms with Crippen molar-refractivity contribution in [1.82, 2.24) is 9.13 Å². The predicted molar refractivity (Wildman–Crippen MR) is 93.8 cm³/mol. The molecule has 136 valence electrons. The van der Waals surface area contributed by atoms with Crippen molar-refractivity contribution in [2.75, 3.05) is 7.11 Å². The quantitative estimate of drug-likeness (QED) is 0.856. The first-order valence-electron chi connectivity index (χ1n) is 8.00. The zero-order valence-electron chi connectivity index (χ0n) is 15.4. The Morgan fingerprint density at radius 3 is 2.32 bits per heavy atom. The topological polar surface area (TPSA) is 90.5 Å². The summed E-state index contributed by atoms with van der Waals surface area (Å²) in [5.41, 5.74) is 1.54. The van der Waals surface area contributed by atoms with Gasteiger partial charge in [0, 0.05) is 0 Å². The number of fused-ring (bicyclic) bond motifs is 1. The maximum atomic E-state index is 13.1. The molecule has 0 fully saturated rings. The summed E-state index contributed by atoms with van der Waals surface area (Å²) in [5.74, 6) is -1.66. The van der Waals surface area contributed by atoms with Gasteiger partial charge in [-0.1, -0.05) is 26.8 Å². The van der Waals surface area contributed by atoms with Crippen molar-refractivity contribution in [2.24, 2.45) is 5.41 Å². The highest BCUT2D eigenvalue weighted by molar-refractivity contribution is 5.85. The Hall–Kier alpha value is -2.57. The van der Waals surface area contributed by atoms with Crippen molar-refractivity contribution >= 4 is 23.0 Å². The highest BCUT2D eigenvalue weighted by Gasteiger charge is 2.36. The van der Waals surface area contributed by atoms with Crippen molar-refractivity contribution in [2.45, 2.75) is 47.2 Å². The van der Waals surface area contributed by atoms with E-state index in [4.69, 9.17) is 0 Å². The lowest BCUT2D eigenvalue weighted by atomic mass is 9.86. The van der Waals surface area contributed by atoms with Gasteiger partial charge >= 0.3 is 17.6 Å². The molecule has 2 aromatic rings. The zero-order chi connectivity index (χ0) is 19.1. The van der Waals surface area contributed by atoms with Gasteiger partial charge in [0.15, 0.2) is 0 Å². The van der Waals surface area contributed by atoms with Crippen molar-refractivity contribution < 1.29 is 19.4 Å². The second kappa shape index (κ2) is 6.38. The van der Waals surface area contributed by atoms with Gasteiger partial charge in [-0.2, -0.15) is 0 Å². The number of benzene rings is 1. The molecule has 0 radical (unpaired) electrons. The van der Waals surface area contributed by atoms with Gasteiger partial charge in [-0.25, -0.2) is 9.59 Å². The fourth-order valence-corrected chi connectivity index (χ4v) is 3.26. The molecule has 0 aliphatic carbocycles. The van der Waals surface area contributed by atoms with Crippen LogP contribution in [0, 0.1) is 19.3 Å². The number of hydrogen-bond acceptors (Lipinski definition) is 4. The Morgan fingerprint density at radius 2 is 1.84 bits per heavy atom. The highest BCUT2D eigenvalue weighted by atomic mass is 16.5. The van der Waals surface area contributed by atoms with Crippen LogP contribution in [0.5, 0.6) is 0 Å². The molecule has 1 aromatic carbocycles. The van der Waals surface area contributed by atoms with E-state index < -0.39 is 29.1 Å². The Bertz CT molecular complexity index is 899. The van der Waals surface area contributed by atoms with Crippen LogP contribution in [0.1, 0.15) is 37.9 Å². The Kier molecular flexibility index (Phi) is 4.79. The maximum absolute atomic E-state index is 13.1. The number of hydrogen-bond donors (Lipinski definition) is 1. The van der Waals surface area contributed by atoms with Gasteiger partial charge in [0.2, 0.25) is 0 Å². The SMILES string of the molecule is COC(=O)Cn1c(=O)n(C(C(=O)O)C(C)(C)C)c2cc(C)cc(C)c21. The van der Waals surface area contributed by atoms with Crippen LogP contribution in [-0.4, -0.2) is 33.3 Å². The summed E-state index contributed by atoms with van der Waals surface area (Å²) in [5, 5.41) is 9.76. The largest absolute Gasteiger partial charge is 0.480 e. The summed E-state index contributed by atoms with van der Waals surface area (Å²) in [6, 6.07) is 2.61. The smallest absolute Gasteiger partial charge is 0.330 e. The van der Waals surface area contributed by atoms with Gasteiger partial charge in [0.05, 0.1) is 18.1 Å². The van der Waals surface area contributed by atoms with Gasteiger partial charge in [-0.15, -0.1) is 0 Å². The first kappa shape index (κ1) is 18.8. The summed E-state index contributed by atoms with van der Waals surface area (Å²) in [6.07, 6.45) is 0. The standard InChI is InChI=1S/C18H24N2O5/c1-10-7-11(2)14-12(8-10)20(15(16(22)23)18(3,4)5)17(24)19(14)9-13(21)25-6/h7-8,15H,9H2,1-6H3,(H,22,23). The van der Waals surface area contributed by atoms with Crippen molar-refractivity contribution in [3.05, 3.63) is 33.7 Å². The van der Waals surface area contributed by atoms with Crippen molar-refractivity contribution in [3.63, 3.8) is 0 Å². The summed E-state index contributed by atoms with van der Waals surface area (Å²) in [4.78, 5) is 36.7. The fraction of sp³-hybridized carbons (Fsp3) is 0.500. The molecule has 0 aliphatic rings. The average Bonchev–Trinajstić information content (AvgIpc) is 2.71. The number of aromatic nitrogens is 2. The first-order chi connectivity index (χ1) is 11.5. The molecule has 0 saturated carbocycles. The van der Waals surface area contributed by atoms with E-state index in [9.17, 15) is 19.5 Å². The molecule has 1 atom stereocenters. The normalized spacial score (nSPS) is 13.0. The second-order valence-electron chi connectivity index (χ2n) is 7.37. The molecule has 0 amide bonds. The molecule has 0 bridgehead atoms. The van der Waals surface area contributed by atoms with Gasteiger partial charge in [0.1, 0.15) is 12.6 Å². The lowest BCUT2D eigenvalue weighted by molar-refractivity contribution is -0.144. The van der Waals surface area contributed by atoms with E-state index in [1.54, 1.807) is 26.8 Å². The summed E-state index contributed by atoms with van der Waals surface area (Å²) >= 11 is 0. The van der Waals surface area contributed by atoms with E-state index in [1.165, 1.54) is 16.2 Å². The van der Waals surface area contributed by atoms with E-state index in [0.29, 0.717) is 11.0 Å². The van der Waals surface area contributed by atoms with E-state index in [0.717, 1.165) is 11.1 Å². The summed E-state index contributed by atoms with van der Waals surface area (Å²) in [7, 11) is 1.25. The van der Waals surface area contributed by atoms with Crippen LogP contribution in [0.4, 0.5) is 0 Å². The Labute approximate surface area is 145 Å². The van der Waals surface area contributed by atoms with E-state index in [-0.39, 0.29) is 6.54 Å². The van der Waals surface area contributed by atoms with E-state index in [1.807, 2.05) is 19.9 Å². The third-order valence-electron chi connectivity index (χ3n) is 4.22. The number of carbonyl (C=O) groups is 2. The van der Waals surface area contributed by atoms with Crippen LogP contribution in [-0.2, 0) is 20.9 Å². The molecule has 1 heterocycles. The van der Waals surface area contributed by atoms with Crippen LogP contribution in [0.15, 0.2) is 16.9 Å². The molecule has 7 heteroatoms. The molecule has 2 rings (SSSR count). The maximum Gasteiger partial charge on any atom is 0.330 e. The molecule has 1 aromatic heterocycles.